The van der Waals surface area contributed by atoms with Crippen LogP contribution in [-0.2, 0) is 0 Å². The molecule has 0 radical (unpaired) electrons. The summed E-state index contributed by atoms with van der Waals surface area (Å²) in [6.45, 7) is 0. The highest BCUT2D eigenvalue weighted by atomic mass is 32.1. The van der Waals surface area contributed by atoms with Gasteiger partial charge in [-0.15, -0.1) is 22.7 Å². The van der Waals surface area contributed by atoms with E-state index in [1.54, 1.807) is 0 Å². The van der Waals surface area contributed by atoms with Crippen molar-refractivity contribution in [1.29, 1.82) is 0 Å². The maximum Gasteiger partial charge on any atom is 0.0640 e. The van der Waals surface area contributed by atoms with Gasteiger partial charge in [-0.05, 0) is 85.9 Å². The first-order valence-electron chi connectivity index (χ1n) is 20.1. The van der Waals surface area contributed by atoms with Crippen molar-refractivity contribution in [3.63, 3.8) is 0 Å². The Bertz CT molecular complexity index is 3550. The molecule has 0 atom stereocenters. The molecular formula is C56H35NS2. The zero-order valence-electron chi connectivity index (χ0n) is 32.0. The third kappa shape index (κ3) is 5.51. The molecule has 0 unspecified atom stereocenters. The normalized spacial score (nSPS) is 11.7. The van der Waals surface area contributed by atoms with Crippen molar-refractivity contribution < 1.29 is 0 Å². The molecular weight excluding hydrogens is 751 g/mol. The van der Waals surface area contributed by atoms with Gasteiger partial charge in [-0.3, -0.25) is 0 Å². The lowest BCUT2D eigenvalue weighted by molar-refractivity contribution is 1.32. The molecule has 10 aromatic carbocycles. The van der Waals surface area contributed by atoms with Crippen LogP contribution in [-0.4, -0.2) is 0 Å². The third-order valence-electron chi connectivity index (χ3n) is 11.9. The van der Waals surface area contributed by atoms with E-state index in [1.807, 2.05) is 22.7 Å². The van der Waals surface area contributed by atoms with Crippen LogP contribution in [0.25, 0.3) is 95.3 Å². The number of anilines is 3. The minimum absolute atomic E-state index is 1.12. The topological polar surface area (TPSA) is 3.24 Å². The largest absolute Gasteiger partial charge is 0.308 e. The van der Waals surface area contributed by atoms with E-state index in [4.69, 9.17) is 0 Å². The van der Waals surface area contributed by atoms with Crippen LogP contribution in [0, 0.1) is 0 Å². The van der Waals surface area contributed by atoms with Crippen LogP contribution >= 0.6 is 22.7 Å². The van der Waals surface area contributed by atoms with Crippen molar-refractivity contribution in [3.05, 3.63) is 212 Å². The Kier molecular flexibility index (Phi) is 7.97. The zero-order chi connectivity index (χ0) is 38.9. The van der Waals surface area contributed by atoms with E-state index < -0.39 is 0 Å². The van der Waals surface area contributed by atoms with Crippen molar-refractivity contribution in [2.24, 2.45) is 0 Å². The summed E-state index contributed by atoms with van der Waals surface area (Å²) in [5.74, 6) is 0. The van der Waals surface area contributed by atoms with E-state index in [-0.39, 0.29) is 0 Å². The van der Waals surface area contributed by atoms with Crippen molar-refractivity contribution in [3.8, 4) is 33.4 Å². The highest BCUT2D eigenvalue weighted by Crippen LogP contribution is 2.50. The van der Waals surface area contributed by atoms with E-state index in [2.05, 4.69) is 217 Å². The highest BCUT2D eigenvalue weighted by Gasteiger charge is 2.22. The quantitative estimate of drug-likeness (QED) is 0.162. The number of hydrogen-bond acceptors (Lipinski definition) is 3. The van der Waals surface area contributed by atoms with Crippen LogP contribution in [0.15, 0.2) is 212 Å². The Morgan fingerprint density at radius 2 is 0.864 bits per heavy atom. The Morgan fingerprint density at radius 1 is 0.288 bits per heavy atom. The summed E-state index contributed by atoms with van der Waals surface area (Å²) in [5, 5.41) is 10.2. The zero-order valence-corrected chi connectivity index (χ0v) is 33.6. The first-order chi connectivity index (χ1) is 29.3. The standard InChI is InChI=1S/C56H35NS2/c1-2-14-37(15-3-1)42-23-11-25-47-48-26-12-27-51(56(48)59-55(42)47)57(39-32-30-38(31-33-39)41-22-13-29-53-54(41)49-21-8-9-28-52(49)58-53)50-35-34-45(44-19-6-7-20-46(44)50)43-24-10-17-36-16-4-5-18-40(36)43/h1-35H. The Balaban J connectivity index is 1.09. The summed E-state index contributed by atoms with van der Waals surface area (Å²) < 4.78 is 5.22. The molecule has 12 aromatic rings. The van der Waals surface area contributed by atoms with Crippen LogP contribution < -0.4 is 4.90 Å². The van der Waals surface area contributed by atoms with E-state index in [1.165, 1.54) is 101 Å². The summed E-state index contributed by atoms with van der Waals surface area (Å²) in [6.07, 6.45) is 0. The fourth-order valence-electron chi connectivity index (χ4n) is 9.21. The predicted molar refractivity (Wildman–Crippen MR) is 258 cm³/mol. The molecule has 0 aliphatic rings. The van der Waals surface area contributed by atoms with Crippen molar-refractivity contribution in [2.45, 2.75) is 0 Å². The third-order valence-corrected chi connectivity index (χ3v) is 14.3. The molecule has 12 rings (SSSR count). The predicted octanol–water partition coefficient (Wildman–Crippen LogP) is 17.2. The van der Waals surface area contributed by atoms with Gasteiger partial charge >= 0.3 is 0 Å². The first-order valence-corrected chi connectivity index (χ1v) is 21.7. The Hall–Kier alpha value is -7.04. The molecule has 1 nitrogen and oxygen atoms in total. The number of nitrogens with zero attached hydrogens (tertiary/aromatic N) is 1. The number of benzene rings is 10. The van der Waals surface area contributed by atoms with Crippen molar-refractivity contribution in [1.82, 2.24) is 0 Å². The SMILES string of the molecule is c1ccc(-c2cccc3c2sc2c(N(c4ccc(-c5cccc6sc7ccccc7c56)cc4)c4ccc(-c5cccc6ccccc56)c5ccccc45)cccc23)cc1. The fraction of sp³-hybridized carbons (Fsp3) is 0. The molecule has 0 amide bonds. The Labute approximate surface area is 350 Å². The molecule has 2 heterocycles. The molecule has 0 aliphatic heterocycles. The molecule has 0 saturated heterocycles. The molecule has 59 heavy (non-hydrogen) atoms. The molecule has 276 valence electrons. The Morgan fingerprint density at radius 3 is 1.73 bits per heavy atom. The second-order valence-corrected chi connectivity index (χ2v) is 17.3. The van der Waals surface area contributed by atoms with Crippen LogP contribution in [0.3, 0.4) is 0 Å². The van der Waals surface area contributed by atoms with E-state index >= 15 is 0 Å². The molecule has 2 aromatic heterocycles. The second kappa shape index (κ2) is 13.8. The molecule has 0 aliphatic carbocycles. The number of fused-ring (bicyclic) bond motifs is 8. The van der Waals surface area contributed by atoms with Crippen LogP contribution in [0.1, 0.15) is 0 Å². The minimum Gasteiger partial charge on any atom is -0.308 e. The molecule has 0 N–H and O–H groups in total. The van der Waals surface area contributed by atoms with Gasteiger partial charge in [-0.25, -0.2) is 0 Å². The summed E-state index contributed by atoms with van der Waals surface area (Å²) in [4.78, 5) is 2.50. The number of thiophene rings is 2. The van der Waals surface area contributed by atoms with Crippen molar-refractivity contribution in [2.75, 3.05) is 4.90 Å². The van der Waals surface area contributed by atoms with Gasteiger partial charge in [-0.1, -0.05) is 176 Å². The van der Waals surface area contributed by atoms with Crippen LogP contribution in [0.4, 0.5) is 17.1 Å². The van der Waals surface area contributed by atoms with Gasteiger partial charge in [0.25, 0.3) is 0 Å². The summed E-state index contributed by atoms with van der Waals surface area (Å²) in [6, 6.07) is 78.1. The highest BCUT2D eigenvalue weighted by molar-refractivity contribution is 7.27. The molecule has 0 bridgehead atoms. The van der Waals surface area contributed by atoms with Crippen LogP contribution in [0.2, 0.25) is 0 Å². The van der Waals surface area contributed by atoms with E-state index in [0.29, 0.717) is 0 Å². The van der Waals surface area contributed by atoms with Gasteiger partial charge in [0.1, 0.15) is 0 Å². The van der Waals surface area contributed by atoms with E-state index in [0.717, 1.165) is 11.4 Å². The number of rotatable bonds is 6. The lowest BCUT2D eigenvalue weighted by Crippen LogP contribution is -2.11. The summed E-state index contributed by atoms with van der Waals surface area (Å²) in [7, 11) is 0. The van der Waals surface area contributed by atoms with Crippen LogP contribution in [0.5, 0.6) is 0 Å². The molecule has 0 spiro atoms. The van der Waals surface area contributed by atoms with Gasteiger partial charge in [0.05, 0.1) is 16.1 Å². The average molecular weight is 786 g/mol. The van der Waals surface area contributed by atoms with Gasteiger partial charge in [0.2, 0.25) is 0 Å². The minimum atomic E-state index is 1.12. The smallest absolute Gasteiger partial charge is 0.0640 e. The fourth-order valence-corrected chi connectivity index (χ4v) is 11.7. The van der Waals surface area contributed by atoms with Gasteiger partial charge in [0, 0.05) is 46.7 Å². The summed E-state index contributed by atoms with van der Waals surface area (Å²) in [5.41, 5.74) is 10.9. The van der Waals surface area contributed by atoms with Gasteiger partial charge in [0.15, 0.2) is 0 Å². The lowest BCUT2D eigenvalue weighted by atomic mass is 9.93. The number of hydrogen-bond donors (Lipinski definition) is 0. The maximum absolute atomic E-state index is 2.50. The second-order valence-electron chi connectivity index (χ2n) is 15.2. The molecule has 0 fully saturated rings. The lowest BCUT2D eigenvalue weighted by Gasteiger charge is -2.28. The van der Waals surface area contributed by atoms with Gasteiger partial charge in [-0.2, -0.15) is 0 Å². The van der Waals surface area contributed by atoms with Gasteiger partial charge < -0.3 is 4.90 Å². The maximum atomic E-state index is 2.50. The molecule has 3 heteroatoms. The summed E-state index contributed by atoms with van der Waals surface area (Å²) >= 11 is 3.77. The van der Waals surface area contributed by atoms with Crippen molar-refractivity contribution >= 4 is 102 Å². The van der Waals surface area contributed by atoms with E-state index in [9.17, 15) is 0 Å². The average Bonchev–Trinajstić information content (AvgIpc) is 3.89. The molecule has 0 saturated carbocycles. The first kappa shape index (κ1) is 34.0. The monoisotopic (exact) mass is 785 g/mol.